The lowest BCUT2D eigenvalue weighted by atomic mass is 9.99. The van der Waals surface area contributed by atoms with Gasteiger partial charge in [-0.15, -0.1) is 32.9 Å². The maximum absolute atomic E-state index is 13.7. The summed E-state index contributed by atoms with van der Waals surface area (Å²) in [6, 6.07) is 21.3. The molecule has 0 spiro atoms. The Morgan fingerprint density at radius 3 is 2.33 bits per heavy atom. The summed E-state index contributed by atoms with van der Waals surface area (Å²) in [6.45, 7) is 6.81. The van der Waals surface area contributed by atoms with Crippen molar-refractivity contribution in [1.29, 1.82) is 0 Å². The Balaban J connectivity index is 0.878. The van der Waals surface area contributed by atoms with Crippen LogP contribution in [0.5, 0.6) is 0 Å². The van der Waals surface area contributed by atoms with Crippen LogP contribution >= 0.6 is 46.0 Å². The minimum absolute atomic E-state index is 0.0408. The van der Waals surface area contributed by atoms with Gasteiger partial charge in [0.2, 0.25) is 5.12 Å². The molecule has 0 fully saturated rings. The quantitative estimate of drug-likeness (QED) is 0.0436. The van der Waals surface area contributed by atoms with Gasteiger partial charge in [0.1, 0.15) is 22.7 Å². The number of hydrogen-bond acceptors (Lipinski definition) is 13. The summed E-state index contributed by atoms with van der Waals surface area (Å²) in [4.78, 5) is 69.5. The molecular weight excluding hydrogens is 884 g/mol. The van der Waals surface area contributed by atoms with E-state index in [4.69, 9.17) is 21.3 Å². The number of carbonyl (C=O) groups is 4. The predicted octanol–water partition coefficient (Wildman–Crippen LogP) is 11.4. The predicted molar refractivity (Wildman–Crippen MR) is 254 cm³/mol. The van der Waals surface area contributed by atoms with Gasteiger partial charge >= 0.3 is 0 Å². The average Bonchev–Trinajstić information content (AvgIpc) is 4.01. The van der Waals surface area contributed by atoms with E-state index in [0.29, 0.717) is 88.7 Å². The van der Waals surface area contributed by atoms with Crippen LogP contribution in [-0.4, -0.2) is 66.1 Å². The molecule has 1 aliphatic rings. The molecular formula is C49H45ClN6O5S3. The number of ketones is 3. The number of nitrogens with zero attached hydrogens (tertiary/aromatic N) is 6. The number of aromatic nitrogens is 5. The third-order valence-electron chi connectivity index (χ3n) is 11.1. The number of benzene rings is 3. The molecule has 0 saturated carbocycles. The first-order valence-electron chi connectivity index (χ1n) is 21.2. The van der Waals surface area contributed by atoms with Crippen molar-refractivity contribution in [3.05, 3.63) is 151 Å². The summed E-state index contributed by atoms with van der Waals surface area (Å²) in [7, 11) is 0. The third kappa shape index (κ3) is 10.4. The summed E-state index contributed by atoms with van der Waals surface area (Å²) in [5, 5.41) is 13.9. The van der Waals surface area contributed by atoms with Crippen molar-refractivity contribution in [1.82, 2.24) is 24.7 Å². The fourth-order valence-electron chi connectivity index (χ4n) is 7.66. The number of thiazole rings is 1. The van der Waals surface area contributed by atoms with Crippen molar-refractivity contribution in [2.75, 3.05) is 13.2 Å². The fourth-order valence-corrected chi connectivity index (χ4v) is 10.6. The molecule has 8 rings (SSSR count). The molecule has 5 heterocycles. The summed E-state index contributed by atoms with van der Waals surface area (Å²) in [5.74, 6) is 1.26. The van der Waals surface area contributed by atoms with Crippen molar-refractivity contribution in [2.45, 2.75) is 83.1 Å². The zero-order valence-electron chi connectivity index (χ0n) is 35.6. The molecule has 0 amide bonds. The summed E-state index contributed by atoms with van der Waals surface area (Å²) in [5.41, 5.74) is 5.84. The number of Topliss-reactive ketones (excluding diaryl/α,β-unsaturated/α-hetero) is 3. The van der Waals surface area contributed by atoms with Crippen LogP contribution in [0.15, 0.2) is 100 Å². The molecule has 3 aromatic carbocycles. The second kappa shape index (κ2) is 20.5. The highest BCUT2D eigenvalue weighted by molar-refractivity contribution is 8.14. The van der Waals surface area contributed by atoms with E-state index in [0.717, 1.165) is 56.4 Å². The lowest BCUT2D eigenvalue weighted by Gasteiger charge is -2.12. The third-order valence-corrected chi connectivity index (χ3v) is 14.3. The van der Waals surface area contributed by atoms with Crippen LogP contribution in [0.1, 0.15) is 120 Å². The largest absolute Gasteiger partial charge is 0.381 e. The van der Waals surface area contributed by atoms with Gasteiger partial charge in [0.15, 0.2) is 17.4 Å². The molecule has 1 aliphatic heterocycles. The second-order valence-electron chi connectivity index (χ2n) is 15.6. The van der Waals surface area contributed by atoms with Crippen LogP contribution in [0.2, 0.25) is 5.02 Å². The number of ether oxygens (including phenoxy) is 1. The summed E-state index contributed by atoms with van der Waals surface area (Å²) in [6.07, 6.45) is 6.70. The Hall–Kier alpha value is -5.51. The first-order valence-corrected chi connectivity index (χ1v) is 24.0. The van der Waals surface area contributed by atoms with Crippen molar-refractivity contribution >= 4 is 85.1 Å². The molecule has 15 heteroatoms. The number of hydrogen-bond donors (Lipinski definition) is 0. The van der Waals surface area contributed by atoms with Crippen molar-refractivity contribution < 1.29 is 23.9 Å². The van der Waals surface area contributed by atoms with E-state index in [1.54, 1.807) is 77.5 Å². The van der Waals surface area contributed by atoms with Gasteiger partial charge in [-0.2, -0.15) is 0 Å². The van der Waals surface area contributed by atoms with Gasteiger partial charge < -0.3 is 4.74 Å². The Labute approximate surface area is 388 Å². The van der Waals surface area contributed by atoms with E-state index >= 15 is 0 Å². The van der Waals surface area contributed by atoms with Gasteiger partial charge in [0.05, 0.1) is 16.2 Å². The summed E-state index contributed by atoms with van der Waals surface area (Å²) >= 11 is 10.5. The van der Waals surface area contributed by atoms with Crippen molar-refractivity contribution in [2.24, 2.45) is 4.99 Å². The highest BCUT2D eigenvalue weighted by atomic mass is 35.5. The lowest BCUT2D eigenvalue weighted by Crippen LogP contribution is -2.12. The van der Waals surface area contributed by atoms with E-state index in [9.17, 15) is 19.2 Å². The number of carbonyl (C=O) groups excluding carboxylic acids is 4. The van der Waals surface area contributed by atoms with Crippen LogP contribution in [0.4, 0.5) is 0 Å². The van der Waals surface area contributed by atoms with Gasteiger partial charge in [-0.3, -0.25) is 33.7 Å². The summed E-state index contributed by atoms with van der Waals surface area (Å²) < 4.78 is 7.95. The number of thioether (sulfide) groups is 1. The van der Waals surface area contributed by atoms with Crippen LogP contribution in [-0.2, 0) is 16.0 Å². The second-order valence-corrected chi connectivity index (χ2v) is 19.3. The maximum atomic E-state index is 13.7. The fraction of sp³-hybridized carbons (Fsp3) is 0.286. The minimum Gasteiger partial charge on any atom is -0.381 e. The molecule has 1 atom stereocenters. The Bertz CT molecular complexity index is 2870. The Morgan fingerprint density at radius 2 is 1.56 bits per heavy atom. The highest BCUT2D eigenvalue weighted by Gasteiger charge is 2.32. The van der Waals surface area contributed by atoms with Gasteiger partial charge in [-0.25, -0.2) is 4.98 Å². The maximum Gasteiger partial charge on any atom is 0.224 e. The number of aliphatic imine (C=N–C) groups is 1. The van der Waals surface area contributed by atoms with Crippen LogP contribution in [0.25, 0.3) is 15.9 Å². The molecule has 326 valence electrons. The zero-order valence-corrected chi connectivity index (χ0v) is 38.8. The molecule has 0 bridgehead atoms. The first-order chi connectivity index (χ1) is 31.0. The number of rotatable bonds is 19. The molecule has 0 unspecified atom stereocenters. The Kier molecular flexibility index (Phi) is 14.5. The van der Waals surface area contributed by atoms with E-state index in [1.165, 1.54) is 4.88 Å². The normalized spacial score (nSPS) is 13.3. The topological polar surface area (TPSA) is 146 Å². The van der Waals surface area contributed by atoms with Crippen LogP contribution in [0.3, 0.4) is 0 Å². The lowest BCUT2D eigenvalue weighted by molar-refractivity contribution is -0.119. The van der Waals surface area contributed by atoms with Gasteiger partial charge in [0.25, 0.3) is 0 Å². The van der Waals surface area contributed by atoms with E-state index < -0.39 is 6.04 Å². The van der Waals surface area contributed by atoms with Crippen LogP contribution < -0.4 is 0 Å². The van der Waals surface area contributed by atoms with E-state index in [2.05, 4.69) is 34.0 Å². The monoisotopic (exact) mass is 928 g/mol. The first kappa shape index (κ1) is 45.1. The number of pyridine rings is 1. The smallest absolute Gasteiger partial charge is 0.224 e. The Morgan fingerprint density at radius 1 is 0.828 bits per heavy atom. The SMILES string of the molecule is Cc1sc2c(c1C)C(c1ccc(Cl)cc1)=N[C@@H](CC(=O)CCCOCCCC(=O)c1cc(SC(=O)c3ccccc3)c3ncc(C(=O)CCCc4nccs4)cc3c1)c1nnc(C)n1-2. The van der Waals surface area contributed by atoms with Crippen molar-refractivity contribution in [3.8, 4) is 5.00 Å². The average molecular weight is 930 g/mol. The zero-order chi connectivity index (χ0) is 44.7. The van der Waals surface area contributed by atoms with Crippen LogP contribution in [0, 0.1) is 20.8 Å². The molecule has 0 aliphatic carbocycles. The van der Waals surface area contributed by atoms with Gasteiger partial charge in [0, 0.05) is 105 Å². The molecule has 0 saturated heterocycles. The highest BCUT2D eigenvalue weighted by Crippen LogP contribution is 2.40. The molecule has 7 aromatic rings. The minimum atomic E-state index is -0.529. The number of aryl methyl sites for hydroxylation is 3. The molecule has 0 N–H and O–H groups in total. The molecule has 4 aromatic heterocycles. The number of thiophene rings is 1. The standard InChI is InChI=1S/C49H45ClN6O5S3/c1-29-30(2)63-48-44(29)46(32-16-18-37(50)19-17-32)53-39(47-55-54-31(3)56(47)48)27-38(57)12-8-21-61-22-9-14-40(58)34-24-35-25-36(41(59)13-7-15-43-51-20-23-62-43)28-52-45(35)42(26-34)64-49(60)33-10-5-4-6-11-33/h4-6,10-11,16-20,23-26,28,39H,7-9,12-15,21-22,27H2,1-3H3/t39-/m0/s1. The van der Waals surface area contributed by atoms with E-state index in [1.807, 2.05) is 47.2 Å². The van der Waals surface area contributed by atoms with Crippen molar-refractivity contribution in [3.63, 3.8) is 0 Å². The molecule has 64 heavy (non-hydrogen) atoms. The van der Waals surface area contributed by atoms with E-state index in [-0.39, 0.29) is 35.3 Å². The molecule has 11 nitrogen and oxygen atoms in total. The number of fused-ring (bicyclic) bond motifs is 4. The van der Waals surface area contributed by atoms with Gasteiger partial charge in [-0.05, 0) is 94.1 Å². The van der Waals surface area contributed by atoms with Gasteiger partial charge in [-0.1, -0.05) is 54.1 Å². The number of halogens is 1. The molecule has 0 radical (unpaired) electrons.